The molecule has 9 heteroatoms. The Morgan fingerprint density at radius 3 is 1.21 bits per heavy atom. The maximum Gasteiger partial charge on any atom is 2.00 e. The van der Waals surface area contributed by atoms with Crippen molar-refractivity contribution in [1.82, 2.24) is 0 Å². The van der Waals surface area contributed by atoms with Gasteiger partial charge in [-0.3, -0.25) is 0 Å². The third kappa shape index (κ3) is 10.9. The molecule has 0 aromatic heterocycles. The summed E-state index contributed by atoms with van der Waals surface area (Å²) in [7, 11) is 0. The summed E-state index contributed by atoms with van der Waals surface area (Å²) in [5.74, 6) is -3.52. The summed E-state index contributed by atoms with van der Waals surface area (Å²) in [6, 6.07) is -2.12. The SMILES string of the molecule is C[C@H](CO)[C@@H](N)C(=O)[O-].C[C@H](CO)[C@@H](N)C(=O)[O-].[Cu+2]. The summed E-state index contributed by atoms with van der Waals surface area (Å²) in [4.78, 5) is 19.9. The van der Waals surface area contributed by atoms with Crippen molar-refractivity contribution in [3.05, 3.63) is 0 Å². The number of hydrogen-bond acceptors (Lipinski definition) is 8. The fourth-order valence-electron chi connectivity index (χ4n) is 0.692. The number of rotatable bonds is 6. The van der Waals surface area contributed by atoms with E-state index in [1.54, 1.807) is 13.8 Å². The third-order valence-corrected chi connectivity index (χ3v) is 2.35. The molecule has 0 fully saturated rings. The van der Waals surface area contributed by atoms with Crippen LogP contribution in [-0.4, -0.2) is 47.4 Å². The maximum atomic E-state index is 9.95. The minimum absolute atomic E-state index is 0. The second-order valence-electron chi connectivity index (χ2n) is 4.01. The maximum absolute atomic E-state index is 9.95. The smallest absolute Gasteiger partial charge is 0.548 e. The van der Waals surface area contributed by atoms with Crippen LogP contribution in [0.25, 0.3) is 0 Å². The molecule has 0 saturated heterocycles. The topological polar surface area (TPSA) is 173 Å². The molecule has 0 saturated carbocycles. The summed E-state index contributed by atoms with van der Waals surface area (Å²) >= 11 is 0. The standard InChI is InChI=1S/2C5H11NO3.Cu/c2*1-3(2-7)4(6)5(8)9;/h2*3-4,7H,2,6H2,1H3,(H,8,9);/q;;+2/p-2/t2*3-,4-;/m11./s1. The van der Waals surface area contributed by atoms with Gasteiger partial charge in [0.25, 0.3) is 0 Å². The third-order valence-electron chi connectivity index (χ3n) is 2.35. The zero-order valence-electron chi connectivity index (χ0n) is 10.7. The molecule has 4 atom stereocenters. The summed E-state index contributed by atoms with van der Waals surface area (Å²) in [5, 5.41) is 36.7. The average molecular weight is 328 g/mol. The molecule has 0 aliphatic carbocycles. The Morgan fingerprint density at radius 1 is 0.947 bits per heavy atom. The monoisotopic (exact) mass is 327 g/mol. The molecule has 0 bridgehead atoms. The molecule has 1 radical (unpaired) electrons. The van der Waals surface area contributed by atoms with Crippen LogP contribution in [0.1, 0.15) is 13.8 Å². The Kier molecular flexibility index (Phi) is 15.2. The van der Waals surface area contributed by atoms with Crippen molar-refractivity contribution in [3.8, 4) is 0 Å². The molecule has 0 spiro atoms. The number of carboxylic acids is 2. The molecule has 0 aromatic carbocycles. The summed E-state index contributed by atoms with van der Waals surface area (Å²) in [6.45, 7) is 2.63. The van der Waals surface area contributed by atoms with E-state index in [4.69, 9.17) is 21.7 Å². The van der Waals surface area contributed by atoms with Crippen molar-refractivity contribution in [1.29, 1.82) is 0 Å². The van der Waals surface area contributed by atoms with Gasteiger partial charge in [0.05, 0.1) is 11.9 Å². The molecule has 0 heterocycles. The van der Waals surface area contributed by atoms with Gasteiger partial charge in [-0.25, -0.2) is 0 Å². The molecule has 6 N–H and O–H groups in total. The van der Waals surface area contributed by atoms with Crippen molar-refractivity contribution in [2.45, 2.75) is 25.9 Å². The number of carbonyl (C=O) groups is 2. The van der Waals surface area contributed by atoms with Crippen molar-refractivity contribution in [2.24, 2.45) is 23.3 Å². The van der Waals surface area contributed by atoms with Crippen LogP contribution in [0.4, 0.5) is 0 Å². The van der Waals surface area contributed by atoms with Gasteiger partial charge in [0.2, 0.25) is 0 Å². The van der Waals surface area contributed by atoms with E-state index in [1.165, 1.54) is 0 Å². The molecule has 0 amide bonds. The van der Waals surface area contributed by atoms with E-state index in [-0.39, 0.29) is 30.3 Å². The molecule has 0 aliphatic rings. The second kappa shape index (κ2) is 12.3. The molecule has 0 aliphatic heterocycles. The predicted octanol–water partition coefficient (Wildman–Crippen LogP) is -4.62. The number of aliphatic carboxylic acids is 2. The van der Waals surface area contributed by atoms with E-state index in [0.29, 0.717) is 0 Å². The van der Waals surface area contributed by atoms with Crippen LogP contribution in [0.5, 0.6) is 0 Å². The predicted molar refractivity (Wildman–Crippen MR) is 58.5 cm³/mol. The van der Waals surface area contributed by atoms with Crippen molar-refractivity contribution in [2.75, 3.05) is 13.2 Å². The van der Waals surface area contributed by atoms with Gasteiger partial charge in [0, 0.05) is 25.3 Å². The van der Waals surface area contributed by atoms with Crippen molar-refractivity contribution >= 4 is 11.9 Å². The van der Waals surface area contributed by atoms with E-state index in [1.807, 2.05) is 0 Å². The van der Waals surface area contributed by atoms with Gasteiger partial charge < -0.3 is 41.5 Å². The van der Waals surface area contributed by atoms with E-state index < -0.39 is 35.9 Å². The van der Waals surface area contributed by atoms with Crippen molar-refractivity contribution in [3.63, 3.8) is 0 Å². The largest absolute Gasteiger partial charge is 2.00 e. The number of carbonyl (C=O) groups excluding carboxylic acids is 2. The fraction of sp³-hybridized carbons (Fsp3) is 0.800. The Hall–Kier alpha value is -0.701. The molecule has 19 heavy (non-hydrogen) atoms. The molecular formula is C10H20CuN2O6. The Morgan fingerprint density at radius 2 is 1.16 bits per heavy atom. The van der Waals surface area contributed by atoms with Crippen molar-refractivity contribution < 1.29 is 47.1 Å². The number of aliphatic hydroxyl groups is 2. The molecular weight excluding hydrogens is 308 g/mol. The number of carboxylic acid groups (broad SMARTS) is 2. The Balaban J connectivity index is -0.000000256. The molecule has 0 rings (SSSR count). The van der Waals surface area contributed by atoms with E-state index in [0.717, 1.165) is 0 Å². The van der Waals surface area contributed by atoms with Gasteiger partial charge in [-0.2, -0.15) is 0 Å². The fourth-order valence-corrected chi connectivity index (χ4v) is 0.692. The molecule has 0 unspecified atom stereocenters. The van der Waals surface area contributed by atoms with Gasteiger partial charge in [-0.05, 0) is 11.8 Å². The molecule has 8 nitrogen and oxygen atoms in total. The summed E-state index contributed by atoms with van der Waals surface area (Å²) in [5.41, 5.74) is 10.1. The minimum atomic E-state index is -1.32. The molecule has 117 valence electrons. The van der Waals surface area contributed by atoms with E-state index in [9.17, 15) is 19.8 Å². The average Bonchev–Trinajstić information content (AvgIpc) is 2.35. The Bertz CT molecular complexity index is 240. The zero-order valence-corrected chi connectivity index (χ0v) is 11.6. The van der Waals surface area contributed by atoms with Crippen LogP contribution in [0.15, 0.2) is 0 Å². The van der Waals surface area contributed by atoms with Crippen LogP contribution in [-0.2, 0) is 26.7 Å². The van der Waals surface area contributed by atoms with Crippen LogP contribution in [0, 0.1) is 11.8 Å². The van der Waals surface area contributed by atoms with Crippen LogP contribution < -0.4 is 21.7 Å². The van der Waals surface area contributed by atoms with E-state index in [2.05, 4.69) is 0 Å². The number of nitrogens with two attached hydrogens (primary N) is 2. The minimum Gasteiger partial charge on any atom is -0.548 e. The van der Waals surface area contributed by atoms with Crippen LogP contribution in [0.3, 0.4) is 0 Å². The van der Waals surface area contributed by atoms with Gasteiger partial charge >= 0.3 is 17.1 Å². The van der Waals surface area contributed by atoms with Gasteiger partial charge in [-0.1, -0.05) is 13.8 Å². The number of aliphatic hydroxyl groups excluding tert-OH is 2. The first kappa shape index (κ1) is 23.4. The first-order chi connectivity index (χ1) is 8.18. The second-order valence-corrected chi connectivity index (χ2v) is 4.01. The van der Waals surface area contributed by atoms with Crippen LogP contribution in [0.2, 0.25) is 0 Å². The van der Waals surface area contributed by atoms with Gasteiger partial charge in [0.15, 0.2) is 0 Å². The van der Waals surface area contributed by atoms with E-state index >= 15 is 0 Å². The summed E-state index contributed by atoms with van der Waals surface area (Å²) < 4.78 is 0. The summed E-state index contributed by atoms with van der Waals surface area (Å²) in [6.07, 6.45) is 0. The van der Waals surface area contributed by atoms with Gasteiger partial charge in [-0.15, -0.1) is 0 Å². The van der Waals surface area contributed by atoms with Crippen LogP contribution >= 0.6 is 0 Å². The quantitative estimate of drug-likeness (QED) is 0.352. The number of hydrogen-bond donors (Lipinski definition) is 4. The Labute approximate surface area is 122 Å². The molecule has 0 aromatic rings. The normalized spacial score (nSPS) is 15.9. The van der Waals surface area contributed by atoms with Gasteiger partial charge in [0.1, 0.15) is 0 Å². The zero-order chi connectivity index (χ0) is 14.9. The first-order valence-corrected chi connectivity index (χ1v) is 5.33. The first-order valence-electron chi connectivity index (χ1n) is 5.33.